The van der Waals surface area contributed by atoms with E-state index in [9.17, 15) is 0 Å². The third kappa shape index (κ3) is 3.17. The number of anilines is 1. The molecular weight excluding hydrogens is 318 g/mol. The summed E-state index contributed by atoms with van der Waals surface area (Å²) in [7, 11) is 1.64. The fraction of sp³-hybridized carbons (Fsp3) is 0.500. The minimum Gasteiger partial charge on any atom is -0.481 e. The van der Waals surface area contributed by atoms with Gasteiger partial charge >= 0.3 is 0 Å². The summed E-state index contributed by atoms with van der Waals surface area (Å²) in [5.74, 6) is 0.984. The molecule has 0 amide bonds. The highest BCUT2D eigenvalue weighted by molar-refractivity contribution is 5.32. The molecule has 0 radical (unpaired) electrons. The summed E-state index contributed by atoms with van der Waals surface area (Å²) in [5.41, 5.74) is 8.89. The zero-order valence-electron chi connectivity index (χ0n) is 14.4. The van der Waals surface area contributed by atoms with Gasteiger partial charge < -0.3 is 15.2 Å². The zero-order chi connectivity index (χ0) is 17.3. The van der Waals surface area contributed by atoms with Crippen molar-refractivity contribution in [3.63, 3.8) is 0 Å². The Morgan fingerprint density at radius 3 is 2.96 bits per heavy atom. The lowest BCUT2D eigenvalue weighted by Gasteiger charge is -2.44. The summed E-state index contributed by atoms with van der Waals surface area (Å²) in [6.45, 7) is 3.51. The Morgan fingerprint density at radius 1 is 1.32 bits per heavy atom. The van der Waals surface area contributed by atoms with Gasteiger partial charge in [0.05, 0.1) is 19.4 Å². The number of piperidine rings is 1. The predicted molar refractivity (Wildman–Crippen MR) is 93.1 cm³/mol. The Bertz CT molecular complexity index is 759. The van der Waals surface area contributed by atoms with Crippen molar-refractivity contribution in [2.24, 2.45) is 0 Å². The molecule has 7 heteroatoms. The molecule has 0 aromatic carbocycles. The van der Waals surface area contributed by atoms with Gasteiger partial charge in [-0.1, -0.05) is 0 Å². The third-order valence-corrected chi connectivity index (χ3v) is 5.14. The van der Waals surface area contributed by atoms with Crippen LogP contribution in [0.3, 0.4) is 0 Å². The molecule has 0 saturated carbocycles. The number of rotatable bonds is 3. The maximum absolute atomic E-state index is 6.22. The van der Waals surface area contributed by atoms with Crippen LogP contribution in [0.5, 0.6) is 5.88 Å². The van der Waals surface area contributed by atoms with E-state index in [4.69, 9.17) is 15.2 Å². The number of pyridine rings is 1. The van der Waals surface area contributed by atoms with Crippen LogP contribution in [0.25, 0.3) is 0 Å². The average Bonchev–Trinajstić information content (AvgIpc) is 2.65. The van der Waals surface area contributed by atoms with Crippen molar-refractivity contribution in [2.75, 3.05) is 32.5 Å². The first-order chi connectivity index (χ1) is 12.2. The second-order valence-electron chi connectivity index (χ2n) is 6.68. The van der Waals surface area contributed by atoms with E-state index in [1.807, 2.05) is 18.3 Å². The van der Waals surface area contributed by atoms with E-state index >= 15 is 0 Å². The Kier molecular flexibility index (Phi) is 4.27. The summed E-state index contributed by atoms with van der Waals surface area (Å²) in [5, 5.41) is 0. The number of hydrogen-bond acceptors (Lipinski definition) is 7. The van der Waals surface area contributed by atoms with Gasteiger partial charge in [0.25, 0.3) is 0 Å². The average molecular weight is 341 g/mol. The maximum atomic E-state index is 6.22. The second-order valence-corrected chi connectivity index (χ2v) is 6.68. The second kappa shape index (κ2) is 6.57. The van der Waals surface area contributed by atoms with Crippen molar-refractivity contribution >= 4 is 5.95 Å². The van der Waals surface area contributed by atoms with E-state index in [0.717, 1.165) is 51.2 Å². The van der Waals surface area contributed by atoms with E-state index in [-0.39, 0.29) is 5.60 Å². The van der Waals surface area contributed by atoms with Gasteiger partial charge in [-0.05, 0) is 36.5 Å². The van der Waals surface area contributed by atoms with Gasteiger partial charge in [0.2, 0.25) is 11.8 Å². The van der Waals surface area contributed by atoms with Gasteiger partial charge in [-0.15, -0.1) is 0 Å². The lowest BCUT2D eigenvalue weighted by atomic mass is 9.83. The SMILES string of the molecule is COc1cc(CN2CCC3(CC2)OCCc2cnc(N)nc23)ccn1. The molecule has 2 aromatic heterocycles. The molecule has 25 heavy (non-hydrogen) atoms. The Balaban J connectivity index is 1.48. The lowest BCUT2D eigenvalue weighted by Crippen LogP contribution is -2.47. The van der Waals surface area contributed by atoms with Crippen LogP contribution in [0.15, 0.2) is 24.5 Å². The minimum absolute atomic E-state index is 0.308. The van der Waals surface area contributed by atoms with Crippen LogP contribution < -0.4 is 10.5 Å². The molecule has 1 spiro atoms. The number of nitrogens with two attached hydrogens (primary N) is 1. The molecule has 2 aromatic rings. The minimum atomic E-state index is -0.308. The summed E-state index contributed by atoms with van der Waals surface area (Å²) in [4.78, 5) is 15.3. The number of fused-ring (bicyclic) bond motifs is 2. The van der Waals surface area contributed by atoms with Gasteiger partial charge in [-0.3, -0.25) is 4.90 Å². The van der Waals surface area contributed by atoms with Crippen LogP contribution in [0, 0.1) is 0 Å². The number of aromatic nitrogens is 3. The van der Waals surface area contributed by atoms with Crippen molar-refractivity contribution in [2.45, 2.75) is 31.4 Å². The van der Waals surface area contributed by atoms with Gasteiger partial charge in [0.15, 0.2) is 0 Å². The van der Waals surface area contributed by atoms with E-state index in [2.05, 4.69) is 19.9 Å². The van der Waals surface area contributed by atoms with E-state index in [1.165, 1.54) is 11.1 Å². The first-order valence-electron chi connectivity index (χ1n) is 8.66. The van der Waals surface area contributed by atoms with Gasteiger partial charge in [0.1, 0.15) is 5.60 Å². The number of likely N-dealkylation sites (tertiary alicyclic amines) is 1. The standard InChI is InChI=1S/C18H23N5O2/c1-24-15-10-13(2-6-20-15)12-23-7-4-18(5-8-23)16-14(3-9-25-18)11-21-17(19)22-16/h2,6,10-11H,3-5,7-9,12H2,1H3,(H2,19,21,22). The molecule has 4 heterocycles. The molecule has 7 nitrogen and oxygen atoms in total. The quantitative estimate of drug-likeness (QED) is 0.906. The van der Waals surface area contributed by atoms with Crippen molar-refractivity contribution < 1.29 is 9.47 Å². The van der Waals surface area contributed by atoms with Gasteiger partial charge in [-0.25, -0.2) is 15.0 Å². The lowest BCUT2D eigenvalue weighted by molar-refractivity contribution is -0.102. The number of nitrogen functional groups attached to an aromatic ring is 1. The van der Waals surface area contributed by atoms with Crippen LogP contribution in [0.4, 0.5) is 5.95 Å². The Hall–Kier alpha value is -2.25. The van der Waals surface area contributed by atoms with Gasteiger partial charge in [0, 0.05) is 38.1 Å². The largest absolute Gasteiger partial charge is 0.481 e. The predicted octanol–water partition coefficient (Wildman–Crippen LogP) is 1.53. The molecule has 4 rings (SSSR count). The molecule has 0 bridgehead atoms. The van der Waals surface area contributed by atoms with E-state index < -0.39 is 0 Å². The fourth-order valence-corrected chi connectivity index (χ4v) is 3.79. The number of nitrogens with zero attached hydrogens (tertiary/aromatic N) is 4. The van der Waals surface area contributed by atoms with E-state index in [0.29, 0.717) is 11.8 Å². The van der Waals surface area contributed by atoms with Crippen LogP contribution >= 0.6 is 0 Å². The number of ether oxygens (including phenoxy) is 2. The molecule has 1 saturated heterocycles. The van der Waals surface area contributed by atoms with Crippen molar-refractivity contribution in [3.05, 3.63) is 41.3 Å². The molecule has 2 aliphatic rings. The first kappa shape index (κ1) is 16.2. The number of methoxy groups -OCH3 is 1. The van der Waals surface area contributed by atoms with Crippen LogP contribution in [-0.2, 0) is 23.3 Å². The highest BCUT2D eigenvalue weighted by Gasteiger charge is 2.42. The summed E-state index contributed by atoms with van der Waals surface area (Å²) in [6, 6.07) is 4.03. The molecule has 0 atom stereocenters. The first-order valence-corrected chi connectivity index (χ1v) is 8.66. The summed E-state index contributed by atoms with van der Waals surface area (Å²) in [6.07, 6.45) is 6.34. The van der Waals surface area contributed by atoms with Crippen LogP contribution in [-0.4, -0.2) is 46.7 Å². The molecule has 0 aliphatic carbocycles. The van der Waals surface area contributed by atoms with Gasteiger partial charge in [-0.2, -0.15) is 0 Å². The highest BCUT2D eigenvalue weighted by atomic mass is 16.5. The molecule has 2 N–H and O–H groups in total. The highest BCUT2D eigenvalue weighted by Crippen LogP contribution is 2.40. The van der Waals surface area contributed by atoms with Crippen LogP contribution in [0.1, 0.15) is 29.7 Å². The van der Waals surface area contributed by atoms with Crippen molar-refractivity contribution in [1.29, 1.82) is 0 Å². The fourth-order valence-electron chi connectivity index (χ4n) is 3.79. The third-order valence-electron chi connectivity index (χ3n) is 5.14. The molecule has 0 unspecified atom stereocenters. The maximum Gasteiger partial charge on any atom is 0.220 e. The number of hydrogen-bond donors (Lipinski definition) is 1. The molecule has 1 fully saturated rings. The zero-order valence-corrected chi connectivity index (χ0v) is 14.4. The molecular formula is C18H23N5O2. The Labute approximate surface area is 147 Å². The monoisotopic (exact) mass is 341 g/mol. The molecule has 2 aliphatic heterocycles. The van der Waals surface area contributed by atoms with Crippen molar-refractivity contribution in [3.8, 4) is 5.88 Å². The van der Waals surface area contributed by atoms with Crippen LogP contribution in [0.2, 0.25) is 0 Å². The van der Waals surface area contributed by atoms with E-state index in [1.54, 1.807) is 13.3 Å². The topological polar surface area (TPSA) is 86.4 Å². The summed E-state index contributed by atoms with van der Waals surface area (Å²) < 4.78 is 11.4. The van der Waals surface area contributed by atoms with Crippen molar-refractivity contribution in [1.82, 2.24) is 19.9 Å². The smallest absolute Gasteiger partial charge is 0.220 e. The Morgan fingerprint density at radius 2 is 2.16 bits per heavy atom. The molecule has 132 valence electrons. The summed E-state index contributed by atoms with van der Waals surface area (Å²) >= 11 is 0. The normalized spacial score (nSPS) is 19.6.